The minimum atomic E-state index is -4.82. The fourth-order valence-electron chi connectivity index (χ4n) is 2.98. The Morgan fingerprint density at radius 3 is 2.09 bits per heavy atom. The van der Waals surface area contributed by atoms with E-state index in [2.05, 4.69) is 5.32 Å². The highest BCUT2D eigenvalue weighted by molar-refractivity contribution is 7.91. The van der Waals surface area contributed by atoms with Crippen molar-refractivity contribution in [3.05, 3.63) is 95.6 Å². The largest absolute Gasteiger partial charge is 0.444 e. The van der Waals surface area contributed by atoms with Gasteiger partial charge in [0.15, 0.2) is 5.78 Å². The quantitative estimate of drug-likeness (QED) is 0.372. The van der Waals surface area contributed by atoms with E-state index in [4.69, 9.17) is 4.74 Å². The predicted molar refractivity (Wildman–Crippen MR) is 119 cm³/mol. The maximum atomic E-state index is 13.0. The Labute approximate surface area is 194 Å². The van der Waals surface area contributed by atoms with Gasteiger partial charge in [-0.05, 0) is 43.3 Å². The second-order valence-electron chi connectivity index (χ2n) is 7.15. The van der Waals surface area contributed by atoms with Crippen molar-refractivity contribution >= 4 is 33.2 Å². The molecule has 1 atom stereocenters. The Morgan fingerprint density at radius 1 is 0.853 bits per heavy atom. The van der Waals surface area contributed by atoms with Gasteiger partial charge >= 0.3 is 11.7 Å². The zero-order valence-electron chi connectivity index (χ0n) is 17.8. The van der Waals surface area contributed by atoms with Gasteiger partial charge in [0, 0.05) is 16.8 Å². The van der Waals surface area contributed by atoms with Crippen molar-refractivity contribution in [2.24, 2.45) is 0 Å². The third-order valence-electron chi connectivity index (χ3n) is 4.76. The summed E-state index contributed by atoms with van der Waals surface area (Å²) in [7, 11) is -4.82. The fraction of sp³-hybridized carbons (Fsp3) is 0.125. The average molecular weight is 487 g/mol. The molecule has 0 saturated carbocycles. The molecule has 0 fully saturated rings. The molecule has 1 N–H and O–H groups in total. The molecular weight excluding hydrogens is 468 g/mol. The molecule has 0 aliphatic rings. The maximum absolute atomic E-state index is 13.0. The zero-order valence-corrected chi connectivity index (χ0v) is 18.6. The number of sulfone groups is 1. The lowest BCUT2D eigenvalue weighted by atomic mass is 10.1. The monoisotopic (exact) mass is 487 g/mol. The number of anilines is 1. The Morgan fingerprint density at radius 2 is 1.50 bits per heavy atom. The number of ketones is 1. The summed E-state index contributed by atoms with van der Waals surface area (Å²) >= 11 is 0. The van der Waals surface area contributed by atoms with Crippen molar-refractivity contribution in [1.29, 1.82) is 0 Å². The molecule has 176 valence electrons. The van der Waals surface area contributed by atoms with Gasteiger partial charge in [0.25, 0.3) is 5.91 Å². The molecule has 1 unspecified atom stereocenters. The molecule has 0 heterocycles. The fourth-order valence-corrected chi connectivity index (χ4v) is 3.70. The van der Waals surface area contributed by atoms with Crippen LogP contribution in [0, 0.1) is 0 Å². The first-order valence-electron chi connectivity index (χ1n) is 9.89. The van der Waals surface area contributed by atoms with Crippen LogP contribution in [0.5, 0.6) is 0 Å². The van der Waals surface area contributed by atoms with E-state index in [0.717, 1.165) is 24.3 Å². The van der Waals surface area contributed by atoms with Crippen LogP contribution in [-0.2, 0) is 19.4 Å². The second kappa shape index (κ2) is 10.3. The first-order valence-corrected chi connectivity index (χ1v) is 11.4. The molecule has 0 aliphatic carbocycles. The van der Waals surface area contributed by atoms with E-state index in [1.807, 2.05) is 0 Å². The molecule has 1 amide bonds. The Bertz CT molecular complexity index is 1310. The summed E-state index contributed by atoms with van der Waals surface area (Å²) in [6.45, 7) is 1.38. The van der Waals surface area contributed by atoms with Crippen molar-refractivity contribution in [3.63, 3.8) is 0 Å². The van der Waals surface area contributed by atoms with Gasteiger partial charge in [-0.25, -0.2) is 13.2 Å². The number of carbonyl (C=O) groups excluding carboxylic acids is 3. The van der Waals surface area contributed by atoms with E-state index in [1.165, 1.54) is 13.0 Å². The molecule has 10 heteroatoms. The van der Waals surface area contributed by atoms with Gasteiger partial charge in [0.2, 0.25) is 15.9 Å². The van der Waals surface area contributed by atoms with Crippen molar-refractivity contribution in [2.45, 2.75) is 23.7 Å². The molecule has 0 aromatic heterocycles. The average Bonchev–Trinajstić information content (AvgIpc) is 2.83. The minimum Gasteiger partial charge on any atom is -0.444 e. The van der Waals surface area contributed by atoms with Gasteiger partial charge in [-0.3, -0.25) is 9.59 Å². The number of hydrogen-bond acceptors (Lipinski definition) is 6. The molecule has 3 aromatic carbocycles. The van der Waals surface area contributed by atoms with Gasteiger partial charge in [-0.15, -0.1) is 0 Å². The van der Waals surface area contributed by atoms with E-state index < -0.39 is 38.5 Å². The van der Waals surface area contributed by atoms with Crippen molar-refractivity contribution in [3.8, 4) is 0 Å². The molecular formula is C24H19F2NO6S. The number of halogens is 2. The Balaban J connectivity index is 1.84. The zero-order chi connectivity index (χ0) is 24.9. The lowest BCUT2D eigenvalue weighted by molar-refractivity contribution is -0.125. The Hall–Kier alpha value is -3.92. The summed E-state index contributed by atoms with van der Waals surface area (Å²) in [5.74, 6) is -5.46. The number of benzene rings is 3. The third kappa shape index (κ3) is 5.70. The maximum Gasteiger partial charge on any atom is 0.341 e. The lowest BCUT2D eigenvalue weighted by Gasteiger charge is -2.18. The first-order chi connectivity index (χ1) is 16.1. The van der Waals surface area contributed by atoms with Gasteiger partial charge in [-0.1, -0.05) is 42.5 Å². The number of ether oxygens (including phenoxy) is 1. The molecule has 0 bridgehead atoms. The van der Waals surface area contributed by atoms with Crippen LogP contribution in [0.15, 0.2) is 83.8 Å². The summed E-state index contributed by atoms with van der Waals surface area (Å²) in [5.41, 5.74) is 0.912. The van der Waals surface area contributed by atoms with Gasteiger partial charge in [0.05, 0.1) is 10.5 Å². The summed E-state index contributed by atoms with van der Waals surface area (Å²) in [6, 6.07) is 18.1. The van der Waals surface area contributed by atoms with Crippen molar-refractivity contribution in [2.75, 3.05) is 5.32 Å². The predicted octanol–water partition coefficient (Wildman–Crippen LogP) is 4.42. The number of esters is 1. The number of amides is 1. The van der Waals surface area contributed by atoms with Gasteiger partial charge in [0.1, 0.15) is 0 Å². The van der Waals surface area contributed by atoms with Crippen LogP contribution >= 0.6 is 0 Å². The van der Waals surface area contributed by atoms with E-state index in [0.29, 0.717) is 16.8 Å². The van der Waals surface area contributed by atoms with Crippen LogP contribution in [-0.4, -0.2) is 31.8 Å². The minimum absolute atomic E-state index is 0.138. The third-order valence-corrected chi connectivity index (χ3v) is 6.15. The number of hydrogen-bond donors (Lipinski definition) is 1. The number of Topliss-reactive ketones (excluding diaryl/α,β-unsaturated/α-hetero) is 1. The second-order valence-corrected chi connectivity index (χ2v) is 9.07. The van der Waals surface area contributed by atoms with Gasteiger partial charge < -0.3 is 10.1 Å². The van der Waals surface area contributed by atoms with Crippen LogP contribution in [0.1, 0.15) is 39.3 Å². The van der Waals surface area contributed by atoms with Crippen LogP contribution in [0.4, 0.5) is 14.5 Å². The van der Waals surface area contributed by atoms with Crippen molar-refractivity contribution in [1.82, 2.24) is 0 Å². The smallest absolute Gasteiger partial charge is 0.341 e. The normalized spacial score (nSPS) is 12.1. The van der Waals surface area contributed by atoms with E-state index >= 15 is 0 Å². The summed E-state index contributed by atoms with van der Waals surface area (Å²) < 4.78 is 53.9. The molecule has 0 radical (unpaired) electrons. The molecule has 0 aliphatic heterocycles. The molecule has 3 aromatic rings. The van der Waals surface area contributed by atoms with Crippen LogP contribution in [0.3, 0.4) is 0 Å². The molecule has 3 rings (SSSR count). The highest BCUT2D eigenvalue weighted by atomic mass is 32.2. The van der Waals surface area contributed by atoms with Crippen LogP contribution < -0.4 is 5.32 Å². The number of rotatable bonds is 8. The number of alkyl halides is 2. The van der Waals surface area contributed by atoms with E-state index in [1.54, 1.807) is 48.5 Å². The SMILES string of the molecule is CC(=O)c1cccc(NC(=O)C(OC(=O)c2ccc(S(=O)(=O)C(F)F)cc2)c2ccccc2)c1. The van der Waals surface area contributed by atoms with Crippen molar-refractivity contribution < 1.29 is 36.3 Å². The molecule has 0 spiro atoms. The summed E-state index contributed by atoms with van der Waals surface area (Å²) in [6.07, 6.45) is -1.39. The van der Waals surface area contributed by atoms with E-state index in [9.17, 15) is 31.6 Å². The first kappa shape index (κ1) is 24.7. The lowest BCUT2D eigenvalue weighted by Crippen LogP contribution is -2.26. The number of carbonyl (C=O) groups is 3. The summed E-state index contributed by atoms with van der Waals surface area (Å²) in [5, 5.41) is 2.60. The highest BCUT2D eigenvalue weighted by Crippen LogP contribution is 2.24. The highest BCUT2D eigenvalue weighted by Gasteiger charge is 2.28. The molecule has 7 nitrogen and oxygen atoms in total. The summed E-state index contributed by atoms with van der Waals surface area (Å²) in [4.78, 5) is 36.6. The molecule has 34 heavy (non-hydrogen) atoms. The Kier molecular flexibility index (Phi) is 7.52. The molecule has 0 saturated heterocycles. The van der Waals surface area contributed by atoms with E-state index in [-0.39, 0.29) is 11.3 Å². The standard InChI is InChI=1S/C24H19F2NO6S/c1-15(28)18-8-5-9-19(14-18)27-22(29)21(16-6-3-2-4-7-16)33-23(30)17-10-12-20(13-11-17)34(31,32)24(25)26/h2-14,21,24H,1H3,(H,27,29). The van der Waals surface area contributed by atoms with Crippen LogP contribution in [0.25, 0.3) is 0 Å². The van der Waals surface area contributed by atoms with Crippen LogP contribution in [0.2, 0.25) is 0 Å². The topological polar surface area (TPSA) is 107 Å². The van der Waals surface area contributed by atoms with Gasteiger partial charge in [-0.2, -0.15) is 8.78 Å². The number of nitrogens with one attached hydrogen (secondary N) is 1.